The molecule has 0 aromatic heterocycles. The SMILES string of the molecule is CCC1(C(=O)Nc2cc3c(cc2F)CCC(=O)N3)CCCN1.Cl. The number of carbonyl (C=O) groups is 2. The van der Waals surface area contributed by atoms with Crippen LogP contribution in [-0.4, -0.2) is 23.9 Å². The number of hydrogen-bond acceptors (Lipinski definition) is 3. The maximum Gasteiger partial charge on any atom is 0.244 e. The average molecular weight is 342 g/mol. The van der Waals surface area contributed by atoms with Crippen LogP contribution in [0.15, 0.2) is 12.1 Å². The van der Waals surface area contributed by atoms with E-state index in [-0.39, 0.29) is 29.9 Å². The normalized spacial score (nSPS) is 22.8. The molecule has 1 atom stereocenters. The van der Waals surface area contributed by atoms with Crippen LogP contribution in [0.1, 0.15) is 38.2 Å². The van der Waals surface area contributed by atoms with Crippen LogP contribution in [0, 0.1) is 5.82 Å². The molecular formula is C16H21ClFN3O2. The monoisotopic (exact) mass is 341 g/mol. The Balaban J connectivity index is 0.00000192. The summed E-state index contributed by atoms with van der Waals surface area (Å²) in [5.41, 5.74) is 0.843. The van der Waals surface area contributed by atoms with E-state index in [4.69, 9.17) is 0 Å². The van der Waals surface area contributed by atoms with Gasteiger partial charge in [0, 0.05) is 12.1 Å². The molecular weight excluding hydrogens is 321 g/mol. The lowest BCUT2D eigenvalue weighted by Gasteiger charge is -2.27. The second-order valence-electron chi connectivity index (χ2n) is 5.96. The highest BCUT2D eigenvalue weighted by molar-refractivity contribution is 6.00. The van der Waals surface area contributed by atoms with E-state index >= 15 is 0 Å². The molecule has 0 aliphatic carbocycles. The van der Waals surface area contributed by atoms with Crippen molar-refractivity contribution in [3.8, 4) is 0 Å². The molecule has 1 saturated heterocycles. The molecule has 0 spiro atoms. The minimum absolute atomic E-state index is 0. The molecule has 2 aliphatic rings. The van der Waals surface area contributed by atoms with Gasteiger partial charge < -0.3 is 16.0 Å². The van der Waals surface area contributed by atoms with Crippen LogP contribution in [-0.2, 0) is 16.0 Å². The zero-order chi connectivity index (χ0) is 15.7. The van der Waals surface area contributed by atoms with Crippen molar-refractivity contribution in [3.63, 3.8) is 0 Å². The van der Waals surface area contributed by atoms with E-state index in [1.54, 1.807) is 0 Å². The molecule has 1 fully saturated rings. The van der Waals surface area contributed by atoms with Gasteiger partial charge >= 0.3 is 0 Å². The summed E-state index contributed by atoms with van der Waals surface area (Å²) in [4.78, 5) is 24.0. The molecule has 2 amide bonds. The maximum atomic E-state index is 14.2. The summed E-state index contributed by atoms with van der Waals surface area (Å²) in [6.45, 7) is 2.74. The number of benzene rings is 1. The highest BCUT2D eigenvalue weighted by Crippen LogP contribution is 2.30. The first-order valence-electron chi connectivity index (χ1n) is 7.73. The van der Waals surface area contributed by atoms with Crippen LogP contribution in [0.25, 0.3) is 0 Å². The fourth-order valence-corrected chi connectivity index (χ4v) is 3.20. The van der Waals surface area contributed by atoms with Crippen molar-refractivity contribution >= 4 is 35.6 Å². The number of carbonyl (C=O) groups excluding carboxylic acids is 2. The van der Waals surface area contributed by atoms with E-state index in [1.807, 2.05) is 6.92 Å². The van der Waals surface area contributed by atoms with Gasteiger partial charge in [-0.25, -0.2) is 4.39 Å². The number of amides is 2. The van der Waals surface area contributed by atoms with Crippen LogP contribution in [0.2, 0.25) is 0 Å². The van der Waals surface area contributed by atoms with Crippen LogP contribution < -0.4 is 16.0 Å². The predicted molar refractivity (Wildman–Crippen MR) is 89.5 cm³/mol. The Morgan fingerprint density at radius 3 is 2.83 bits per heavy atom. The third-order valence-electron chi connectivity index (χ3n) is 4.62. The smallest absolute Gasteiger partial charge is 0.244 e. The van der Waals surface area contributed by atoms with Crippen molar-refractivity contribution in [2.75, 3.05) is 17.2 Å². The topological polar surface area (TPSA) is 70.2 Å². The lowest BCUT2D eigenvalue weighted by Crippen LogP contribution is -2.50. The Kier molecular flexibility index (Phi) is 5.26. The van der Waals surface area contributed by atoms with E-state index in [0.717, 1.165) is 24.9 Å². The van der Waals surface area contributed by atoms with Crippen molar-refractivity contribution in [1.29, 1.82) is 0 Å². The van der Waals surface area contributed by atoms with Crippen LogP contribution >= 0.6 is 12.4 Å². The highest BCUT2D eigenvalue weighted by atomic mass is 35.5. The van der Waals surface area contributed by atoms with Gasteiger partial charge in [-0.1, -0.05) is 6.92 Å². The second-order valence-corrected chi connectivity index (χ2v) is 5.96. The van der Waals surface area contributed by atoms with E-state index in [9.17, 15) is 14.0 Å². The summed E-state index contributed by atoms with van der Waals surface area (Å²) in [6.07, 6.45) is 3.22. The van der Waals surface area contributed by atoms with E-state index in [2.05, 4.69) is 16.0 Å². The zero-order valence-electron chi connectivity index (χ0n) is 13.0. The van der Waals surface area contributed by atoms with Crippen molar-refractivity contribution in [2.45, 2.75) is 44.6 Å². The van der Waals surface area contributed by atoms with E-state index in [1.165, 1.54) is 12.1 Å². The van der Waals surface area contributed by atoms with Crippen molar-refractivity contribution < 1.29 is 14.0 Å². The molecule has 126 valence electrons. The molecule has 3 rings (SSSR count). The van der Waals surface area contributed by atoms with Gasteiger partial charge in [0.05, 0.1) is 11.2 Å². The van der Waals surface area contributed by atoms with Crippen LogP contribution in [0.4, 0.5) is 15.8 Å². The molecule has 0 radical (unpaired) electrons. The van der Waals surface area contributed by atoms with Gasteiger partial charge in [-0.3, -0.25) is 9.59 Å². The highest BCUT2D eigenvalue weighted by Gasteiger charge is 2.39. The second kappa shape index (κ2) is 6.84. The Bertz CT molecular complexity index is 630. The lowest BCUT2D eigenvalue weighted by atomic mass is 9.93. The third-order valence-corrected chi connectivity index (χ3v) is 4.62. The number of aryl methyl sites for hydroxylation is 1. The molecule has 2 heterocycles. The first kappa shape index (κ1) is 17.7. The molecule has 7 heteroatoms. The quantitative estimate of drug-likeness (QED) is 0.791. The third kappa shape index (κ3) is 3.33. The van der Waals surface area contributed by atoms with Gasteiger partial charge in [-0.15, -0.1) is 12.4 Å². The molecule has 0 bridgehead atoms. The molecule has 1 aromatic rings. The van der Waals surface area contributed by atoms with Gasteiger partial charge in [-0.05, 0) is 49.9 Å². The van der Waals surface area contributed by atoms with Crippen LogP contribution in [0.5, 0.6) is 0 Å². The van der Waals surface area contributed by atoms with Gasteiger partial charge in [0.25, 0.3) is 0 Å². The summed E-state index contributed by atoms with van der Waals surface area (Å²) in [5.74, 6) is -0.764. The molecule has 1 aromatic carbocycles. The number of fused-ring (bicyclic) bond motifs is 1. The Morgan fingerprint density at radius 1 is 1.39 bits per heavy atom. The predicted octanol–water partition coefficient (Wildman–Crippen LogP) is 2.60. The maximum absolute atomic E-state index is 14.2. The first-order valence-corrected chi connectivity index (χ1v) is 7.73. The Labute approximate surface area is 140 Å². The largest absolute Gasteiger partial charge is 0.326 e. The van der Waals surface area contributed by atoms with E-state index < -0.39 is 11.4 Å². The summed E-state index contributed by atoms with van der Waals surface area (Å²) < 4.78 is 14.2. The molecule has 2 aliphatic heterocycles. The number of anilines is 2. The first-order chi connectivity index (χ1) is 10.5. The number of hydrogen-bond donors (Lipinski definition) is 3. The van der Waals surface area contributed by atoms with E-state index in [0.29, 0.717) is 24.9 Å². The van der Waals surface area contributed by atoms with Crippen molar-refractivity contribution in [2.24, 2.45) is 0 Å². The van der Waals surface area contributed by atoms with Gasteiger partial charge in [-0.2, -0.15) is 0 Å². The van der Waals surface area contributed by atoms with Crippen molar-refractivity contribution in [1.82, 2.24) is 5.32 Å². The lowest BCUT2D eigenvalue weighted by molar-refractivity contribution is -0.122. The summed E-state index contributed by atoms with van der Waals surface area (Å²) in [7, 11) is 0. The number of halogens is 2. The standard InChI is InChI=1S/C16H20FN3O2.ClH/c1-2-16(6-3-7-18-16)15(22)20-13-9-12-10(8-11(13)17)4-5-14(21)19-12;/h8-9,18H,2-7H2,1H3,(H,19,21)(H,20,22);1H. The number of rotatable bonds is 3. The summed E-state index contributed by atoms with van der Waals surface area (Å²) in [6, 6.07) is 2.91. The molecule has 3 N–H and O–H groups in total. The van der Waals surface area contributed by atoms with Gasteiger partial charge in [0.2, 0.25) is 11.8 Å². The van der Waals surface area contributed by atoms with Crippen LogP contribution in [0.3, 0.4) is 0 Å². The Hall–Kier alpha value is -1.66. The van der Waals surface area contributed by atoms with Crippen molar-refractivity contribution in [3.05, 3.63) is 23.5 Å². The molecule has 5 nitrogen and oxygen atoms in total. The molecule has 1 unspecified atom stereocenters. The van der Waals surface area contributed by atoms with Gasteiger partial charge in [0.1, 0.15) is 5.82 Å². The number of nitrogens with one attached hydrogen (secondary N) is 3. The fraction of sp³-hybridized carbons (Fsp3) is 0.500. The minimum Gasteiger partial charge on any atom is -0.326 e. The molecule has 0 saturated carbocycles. The summed E-state index contributed by atoms with van der Waals surface area (Å²) >= 11 is 0. The zero-order valence-corrected chi connectivity index (χ0v) is 13.8. The minimum atomic E-state index is -0.619. The summed E-state index contributed by atoms with van der Waals surface area (Å²) in [5, 5.41) is 8.63. The Morgan fingerprint density at radius 2 is 2.17 bits per heavy atom. The van der Waals surface area contributed by atoms with Gasteiger partial charge in [0.15, 0.2) is 0 Å². The fourth-order valence-electron chi connectivity index (χ4n) is 3.20. The molecule has 23 heavy (non-hydrogen) atoms. The average Bonchev–Trinajstić information content (AvgIpc) is 2.98.